The second-order valence-electron chi connectivity index (χ2n) is 9.18. The Morgan fingerprint density at radius 1 is 0.842 bits per heavy atom. The zero-order valence-electron chi connectivity index (χ0n) is 20.3. The lowest BCUT2D eigenvalue weighted by atomic mass is 10.1. The van der Waals surface area contributed by atoms with Gasteiger partial charge < -0.3 is 4.90 Å². The molecule has 0 saturated carbocycles. The summed E-state index contributed by atoms with van der Waals surface area (Å²) in [5, 5.41) is 0.663. The van der Waals surface area contributed by atoms with E-state index in [0.29, 0.717) is 37.1 Å². The average Bonchev–Trinajstić information content (AvgIpc) is 2.92. The Bertz CT molecular complexity index is 1620. The molecule has 0 bridgehead atoms. The highest BCUT2D eigenvalue weighted by atomic mass is 32.2. The number of para-hydroxylation sites is 1. The summed E-state index contributed by atoms with van der Waals surface area (Å²) in [4.78, 5) is 20.7. The summed E-state index contributed by atoms with van der Waals surface area (Å²) in [5.74, 6) is -3.51. The Balaban J connectivity index is 1.25. The fourth-order valence-electron chi connectivity index (χ4n) is 4.61. The third-order valence-corrected chi connectivity index (χ3v) is 8.35. The van der Waals surface area contributed by atoms with Crippen LogP contribution in [0.2, 0.25) is 0 Å². The van der Waals surface area contributed by atoms with Gasteiger partial charge in [-0.2, -0.15) is 0 Å². The number of amides is 1. The summed E-state index contributed by atoms with van der Waals surface area (Å²) >= 11 is 0. The van der Waals surface area contributed by atoms with E-state index in [1.165, 1.54) is 36.5 Å². The first-order valence-electron chi connectivity index (χ1n) is 12.0. The maximum absolute atomic E-state index is 15.0. The summed E-state index contributed by atoms with van der Waals surface area (Å²) in [6, 6.07) is 16.1. The van der Waals surface area contributed by atoms with Gasteiger partial charge in [0.15, 0.2) is 21.5 Å². The van der Waals surface area contributed by atoms with E-state index >= 15 is 0 Å². The highest BCUT2D eigenvalue weighted by Gasteiger charge is 2.25. The summed E-state index contributed by atoms with van der Waals surface area (Å²) in [5.41, 5.74) is 0.634. The van der Waals surface area contributed by atoms with Gasteiger partial charge in [0.1, 0.15) is 5.82 Å². The molecule has 2 heterocycles. The van der Waals surface area contributed by atoms with Crippen LogP contribution >= 0.6 is 0 Å². The zero-order chi connectivity index (χ0) is 26.9. The Labute approximate surface area is 218 Å². The molecule has 38 heavy (non-hydrogen) atoms. The van der Waals surface area contributed by atoms with Crippen molar-refractivity contribution in [3.8, 4) is 0 Å². The number of aromatic nitrogens is 1. The summed E-state index contributed by atoms with van der Waals surface area (Å²) < 4.78 is 68.7. The molecule has 0 radical (unpaired) electrons. The molecule has 0 spiro atoms. The van der Waals surface area contributed by atoms with Gasteiger partial charge in [0, 0.05) is 61.0 Å². The molecule has 3 aromatic carbocycles. The number of benzene rings is 3. The van der Waals surface area contributed by atoms with Crippen LogP contribution in [0.5, 0.6) is 0 Å². The van der Waals surface area contributed by atoms with Crippen LogP contribution in [0, 0.1) is 17.5 Å². The Morgan fingerprint density at radius 3 is 2.34 bits per heavy atom. The highest BCUT2D eigenvalue weighted by Crippen LogP contribution is 2.26. The minimum absolute atomic E-state index is 0.0196. The van der Waals surface area contributed by atoms with Gasteiger partial charge in [0.25, 0.3) is 5.91 Å². The standard InChI is InChI=1S/C28H24F3N3O3S/c29-23-7-1-5-21(26(23)31)17-33-12-14-34(15-13-33)28(35)20-9-10-22(24(30)16-20)18-38(36,37)25-8-2-4-19-6-3-11-32-27(19)25/h1-11,16H,12-15,17-18H2. The summed E-state index contributed by atoms with van der Waals surface area (Å²) in [6.45, 7) is 1.78. The number of hydrogen-bond donors (Lipinski definition) is 0. The first kappa shape index (κ1) is 25.9. The van der Waals surface area contributed by atoms with Crippen molar-refractivity contribution in [3.63, 3.8) is 0 Å². The minimum Gasteiger partial charge on any atom is -0.336 e. The molecule has 5 rings (SSSR count). The highest BCUT2D eigenvalue weighted by molar-refractivity contribution is 7.90. The second-order valence-corrected chi connectivity index (χ2v) is 11.1. The van der Waals surface area contributed by atoms with Crippen molar-refractivity contribution in [1.29, 1.82) is 0 Å². The molecule has 1 aromatic heterocycles. The summed E-state index contributed by atoms with van der Waals surface area (Å²) in [6.07, 6.45) is 1.50. The van der Waals surface area contributed by atoms with Crippen LogP contribution < -0.4 is 0 Å². The van der Waals surface area contributed by atoms with Crippen molar-refractivity contribution in [2.24, 2.45) is 0 Å². The van der Waals surface area contributed by atoms with E-state index in [4.69, 9.17) is 0 Å². The number of sulfone groups is 1. The van der Waals surface area contributed by atoms with Gasteiger partial charge in [-0.05, 0) is 30.3 Å². The molecule has 1 amide bonds. The molecule has 1 fully saturated rings. The molecule has 0 atom stereocenters. The minimum atomic E-state index is -3.91. The van der Waals surface area contributed by atoms with E-state index in [2.05, 4.69) is 4.98 Å². The number of hydrogen-bond acceptors (Lipinski definition) is 5. The molecule has 0 N–H and O–H groups in total. The van der Waals surface area contributed by atoms with Gasteiger partial charge in [-0.25, -0.2) is 21.6 Å². The van der Waals surface area contributed by atoms with Crippen molar-refractivity contribution < 1.29 is 26.4 Å². The van der Waals surface area contributed by atoms with Gasteiger partial charge in [0.05, 0.1) is 16.2 Å². The van der Waals surface area contributed by atoms with Gasteiger partial charge in [-0.1, -0.05) is 36.4 Å². The molecule has 1 aliphatic rings. The normalized spacial score (nSPS) is 14.7. The number of rotatable bonds is 6. The average molecular weight is 540 g/mol. The maximum atomic E-state index is 15.0. The second kappa shape index (κ2) is 10.5. The zero-order valence-corrected chi connectivity index (χ0v) is 21.1. The van der Waals surface area contributed by atoms with E-state index in [9.17, 15) is 26.4 Å². The van der Waals surface area contributed by atoms with E-state index in [1.807, 2.05) is 4.90 Å². The molecule has 10 heteroatoms. The largest absolute Gasteiger partial charge is 0.336 e. The first-order valence-corrected chi connectivity index (χ1v) is 13.7. The third-order valence-electron chi connectivity index (χ3n) is 6.66. The van der Waals surface area contributed by atoms with Crippen LogP contribution in [0.25, 0.3) is 10.9 Å². The van der Waals surface area contributed by atoms with Crippen LogP contribution in [0.3, 0.4) is 0 Å². The van der Waals surface area contributed by atoms with E-state index in [-0.39, 0.29) is 34.0 Å². The Morgan fingerprint density at radius 2 is 1.58 bits per heavy atom. The number of pyridine rings is 1. The van der Waals surface area contributed by atoms with Gasteiger partial charge >= 0.3 is 0 Å². The van der Waals surface area contributed by atoms with Gasteiger partial charge in [-0.3, -0.25) is 14.7 Å². The number of halogens is 3. The number of nitrogens with zero attached hydrogens (tertiary/aromatic N) is 3. The SMILES string of the molecule is O=C(c1ccc(CS(=O)(=O)c2cccc3cccnc23)c(F)c1)N1CCN(Cc2cccc(F)c2F)CC1. The molecule has 196 valence electrons. The van der Waals surface area contributed by atoms with Crippen LogP contribution in [0.15, 0.2) is 77.8 Å². The van der Waals surface area contributed by atoms with Crippen molar-refractivity contribution in [2.45, 2.75) is 17.2 Å². The van der Waals surface area contributed by atoms with Gasteiger partial charge in [-0.15, -0.1) is 0 Å². The number of carbonyl (C=O) groups is 1. The number of carbonyl (C=O) groups excluding carboxylic acids is 1. The molecule has 6 nitrogen and oxygen atoms in total. The van der Waals surface area contributed by atoms with Crippen molar-refractivity contribution in [3.05, 3.63) is 107 Å². The predicted molar refractivity (Wildman–Crippen MR) is 137 cm³/mol. The lowest BCUT2D eigenvalue weighted by Gasteiger charge is -2.34. The first-order chi connectivity index (χ1) is 18.2. The number of fused-ring (bicyclic) bond motifs is 1. The van der Waals surface area contributed by atoms with E-state index in [0.717, 1.165) is 12.1 Å². The molecule has 1 aliphatic heterocycles. The van der Waals surface area contributed by atoms with Gasteiger partial charge in [0.2, 0.25) is 0 Å². The predicted octanol–water partition coefficient (Wildman–Crippen LogP) is 4.58. The molecule has 0 unspecified atom stereocenters. The molecular weight excluding hydrogens is 515 g/mol. The van der Waals surface area contributed by atoms with E-state index in [1.54, 1.807) is 29.2 Å². The fourth-order valence-corrected chi connectivity index (χ4v) is 6.16. The number of piperazine rings is 1. The monoisotopic (exact) mass is 539 g/mol. The van der Waals surface area contributed by atoms with E-state index < -0.39 is 33.0 Å². The maximum Gasteiger partial charge on any atom is 0.254 e. The molecular formula is C28H24F3N3O3S. The third kappa shape index (κ3) is 5.27. The van der Waals surface area contributed by atoms with Crippen LogP contribution in [-0.4, -0.2) is 55.3 Å². The molecule has 1 saturated heterocycles. The Hall–Kier alpha value is -3.76. The van der Waals surface area contributed by atoms with Crippen LogP contribution in [0.1, 0.15) is 21.5 Å². The lowest BCUT2D eigenvalue weighted by molar-refractivity contribution is 0.0626. The van der Waals surface area contributed by atoms with Crippen LogP contribution in [0.4, 0.5) is 13.2 Å². The molecule has 0 aliphatic carbocycles. The Kier molecular flexibility index (Phi) is 7.18. The van der Waals surface area contributed by atoms with Crippen molar-refractivity contribution in [1.82, 2.24) is 14.8 Å². The van der Waals surface area contributed by atoms with Crippen molar-refractivity contribution in [2.75, 3.05) is 26.2 Å². The smallest absolute Gasteiger partial charge is 0.254 e. The summed E-state index contributed by atoms with van der Waals surface area (Å²) in [7, 11) is -3.91. The lowest BCUT2D eigenvalue weighted by Crippen LogP contribution is -2.48. The molecule has 4 aromatic rings. The topological polar surface area (TPSA) is 70.6 Å². The van der Waals surface area contributed by atoms with Crippen molar-refractivity contribution >= 4 is 26.6 Å². The fraction of sp³-hybridized carbons (Fsp3) is 0.214. The quantitative estimate of drug-likeness (QED) is 0.359. The van der Waals surface area contributed by atoms with Crippen LogP contribution in [-0.2, 0) is 22.1 Å².